The van der Waals surface area contributed by atoms with Crippen LogP contribution in [0.1, 0.15) is 43.3 Å². The minimum absolute atomic E-state index is 0.00413. The van der Waals surface area contributed by atoms with Crippen LogP contribution in [-0.2, 0) is 0 Å². The summed E-state index contributed by atoms with van der Waals surface area (Å²) in [5, 5.41) is -1.13. The largest absolute Gasteiger partial charge is 0.293 e. The third-order valence-corrected chi connectivity index (χ3v) is 10.2. The maximum absolute atomic E-state index is 14.5. The van der Waals surface area contributed by atoms with Gasteiger partial charge in [0, 0.05) is 31.3 Å². The number of aryl methyl sites for hydroxylation is 2. The summed E-state index contributed by atoms with van der Waals surface area (Å²) in [7, 11) is 0. The van der Waals surface area contributed by atoms with Gasteiger partial charge in [0.25, 0.3) is 0 Å². The Morgan fingerprint density at radius 3 is 1.29 bits per heavy atom. The monoisotopic (exact) mass is 650 g/mol. The highest BCUT2D eigenvalue weighted by Crippen LogP contribution is 2.45. The van der Waals surface area contributed by atoms with Gasteiger partial charge in [0.2, 0.25) is 0 Å². The van der Waals surface area contributed by atoms with Gasteiger partial charge < -0.3 is 0 Å². The molecule has 0 aromatic heterocycles. The van der Waals surface area contributed by atoms with E-state index in [9.17, 15) is 9.59 Å². The molecule has 0 N–H and O–H groups in total. The van der Waals surface area contributed by atoms with Gasteiger partial charge in [0.05, 0.1) is 10.5 Å². The third-order valence-electron chi connectivity index (χ3n) is 7.11. The standard InChI is InChI=1S/C37H31BrO2S2/c1-25-13-21-31(22-14-25)41-36(34(39)28-9-5-3-6-10-28)33(27-17-19-30(38)20-18-27)37(35(40)29-11-7-4-8-12-29)42-32-23-15-26(2)16-24-32/h3-24,33,36-37H,1-2H3/t33?,36-,37+. The van der Waals surface area contributed by atoms with Crippen LogP contribution in [0, 0.1) is 13.8 Å². The second kappa shape index (κ2) is 14.2. The summed E-state index contributed by atoms with van der Waals surface area (Å²) in [6.07, 6.45) is 0. The normalized spacial score (nSPS) is 13.2. The molecule has 0 aliphatic rings. The Balaban J connectivity index is 1.69. The molecule has 0 amide bonds. The van der Waals surface area contributed by atoms with Crippen LogP contribution >= 0.6 is 39.5 Å². The predicted molar refractivity (Wildman–Crippen MR) is 180 cm³/mol. The fourth-order valence-electron chi connectivity index (χ4n) is 4.83. The summed E-state index contributed by atoms with van der Waals surface area (Å²) in [5.41, 5.74) is 4.52. The number of carbonyl (C=O) groups is 2. The van der Waals surface area contributed by atoms with Gasteiger partial charge in [-0.2, -0.15) is 0 Å². The number of halogens is 1. The van der Waals surface area contributed by atoms with E-state index < -0.39 is 16.4 Å². The van der Waals surface area contributed by atoms with Crippen molar-refractivity contribution >= 4 is 51.0 Å². The zero-order valence-electron chi connectivity index (χ0n) is 23.4. The lowest BCUT2D eigenvalue weighted by molar-refractivity contribution is 0.0955. The van der Waals surface area contributed by atoms with Gasteiger partial charge in [-0.1, -0.05) is 124 Å². The van der Waals surface area contributed by atoms with Gasteiger partial charge in [0.15, 0.2) is 11.6 Å². The number of Topliss-reactive ketones (excluding diaryl/α,β-unsaturated/α-hetero) is 2. The van der Waals surface area contributed by atoms with Crippen LogP contribution < -0.4 is 0 Å². The summed E-state index contributed by atoms with van der Waals surface area (Å²) in [6.45, 7) is 4.11. The molecule has 5 aromatic rings. The molecule has 0 bridgehead atoms. The molecule has 2 nitrogen and oxygen atoms in total. The molecule has 0 fully saturated rings. The van der Waals surface area contributed by atoms with Crippen molar-refractivity contribution in [2.45, 2.75) is 40.1 Å². The van der Waals surface area contributed by atoms with Crippen molar-refractivity contribution in [1.29, 1.82) is 0 Å². The van der Waals surface area contributed by atoms with Crippen molar-refractivity contribution in [2.24, 2.45) is 0 Å². The second-order valence-electron chi connectivity index (χ2n) is 10.2. The number of benzene rings is 5. The van der Waals surface area contributed by atoms with E-state index in [1.165, 1.54) is 23.5 Å². The number of ketones is 2. The van der Waals surface area contributed by atoms with Crippen LogP contribution in [0.2, 0.25) is 0 Å². The summed E-state index contributed by atoms with van der Waals surface area (Å²) in [4.78, 5) is 31.0. The molecule has 5 heteroatoms. The molecular weight excluding hydrogens is 620 g/mol. The molecule has 42 heavy (non-hydrogen) atoms. The van der Waals surface area contributed by atoms with Crippen molar-refractivity contribution in [1.82, 2.24) is 0 Å². The van der Waals surface area contributed by atoms with Crippen molar-refractivity contribution in [3.8, 4) is 0 Å². The van der Waals surface area contributed by atoms with Crippen LogP contribution in [0.3, 0.4) is 0 Å². The third kappa shape index (κ3) is 7.52. The van der Waals surface area contributed by atoms with Crippen LogP contribution in [0.15, 0.2) is 148 Å². The lowest BCUT2D eigenvalue weighted by Gasteiger charge is -2.32. The molecule has 0 radical (unpaired) electrons. The molecular formula is C37H31BrO2S2. The van der Waals surface area contributed by atoms with Crippen molar-refractivity contribution in [3.05, 3.63) is 166 Å². The van der Waals surface area contributed by atoms with Crippen molar-refractivity contribution < 1.29 is 9.59 Å². The first-order valence-corrected chi connectivity index (χ1v) is 16.3. The Kier molecular flexibility index (Phi) is 10.2. The quantitative estimate of drug-likeness (QED) is 0.105. The predicted octanol–water partition coefficient (Wildman–Crippen LogP) is 10.2. The highest BCUT2D eigenvalue weighted by atomic mass is 79.9. The van der Waals surface area contributed by atoms with Gasteiger partial charge in [-0.3, -0.25) is 9.59 Å². The molecule has 3 atom stereocenters. The summed E-state index contributed by atoms with van der Waals surface area (Å²) >= 11 is 6.65. The molecule has 5 rings (SSSR count). The smallest absolute Gasteiger partial charge is 0.176 e. The van der Waals surface area contributed by atoms with Crippen molar-refractivity contribution in [2.75, 3.05) is 0 Å². The summed E-state index contributed by atoms with van der Waals surface area (Å²) in [6, 6.07) is 43.4. The second-order valence-corrected chi connectivity index (χ2v) is 13.6. The number of rotatable bonds is 11. The minimum Gasteiger partial charge on any atom is -0.293 e. The average Bonchev–Trinajstić information content (AvgIpc) is 3.03. The summed E-state index contributed by atoms with van der Waals surface area (Å²) < 4.78 is 0.944. The highest BCUT2D eigenvalue weighted by Gasteiger charge is 2.41. The molecule has 5 aromatic carbocycles. The van der Waals surface area contributed by atoms with Crippen LogP contribution in [-0.4, -0.2) is 22.1 Å². The number of thioether (sulfide) groups is 2. The molecule has 0 heterocycles. The Morgan fingerprint density at radius 1 is 0.524 bits per heavy atom. The van der Waals surface area contributed by atoms with Gasteiger partial charge in [0.1, 0.15) is 0 Å². The summed E-state index contributed by atoms with van der Waals surface area (Å²) in [5.74, 6) is -0.426. The molecule has 0 saturated heterocycles. The number of hydrogen-bond donors (Lipinski definition) is 0. The van der Waals surface area contributed by atoms with E-state index in [0.29, 0.717) is 11.1 Å². The van der Waals surface area contributed by atoms with Gasteiger partial charge in [-0.25, -0.2) is 0 Å². The minimum atomic E-state index is -0.563. The maximum Gasteiger partial charge on any atom is 0.176 e. The lowest BCUT2D eigenvalue weighted by Crippen LogP contribution is -2.36. The van der Waals surface area contributed by atoms with E-state index in [2.05, 4.69) is 78.3 Å². The number of hydrogen-bond acceptors (Lipinski definition) is 4. The Hall–Kier alpha value is -3.38. The SMILES string of the molecule is Cc1ccc(S[C@H](C(=O)c2ccccc2)C(c2ccc(Br)cc2)[C@@H](Sc2ccc(C)cc2)C(=O)c2ccccc2)cc1. The van der Waals surface area contributed by atoms with Crippen LogP contribution in [0.25, 0.3) is 0 Å². The van der Waals surface area contributed by atoms with Crippen LogP contribution in [0.5, 0.6) is 0 Å². The van der Waals surface area contributed by atoms with E-state index in [0.717, 1.165) is 31.0 Å². The zero-order valence-corrected chi connectivity index (χ0v) is 26.7. The molecule has 0 aliphatic carbocycles. The first-order valence-electron chi connectivity index (χ1n) is 13.8. The van der Waals surface area contributed by atoms with Gasteiger partial charge in [-0.15, -0.1) is 23.5 Å². The number of carbonyl (C=O) groups excluding carboxylic acids is 2. The average molecular weight is 652 g/mol. The van der Waals surface area contributed by atoms with Gasteiger partial charge >= 0.3 is 0 Å². The molecule has 0 spiro atoms. The first-order chi connectivity index (χ1) is 20.4. The fourth-order valence-corrected chi connectivity index (χ4v) is 7.78. The highest BCUT2D eigenvalue weighted by molar-refractivity contribution is 9.10. The van der Waals surface area contributed by atoms with E-state index in [1.807, 2.05) is 84.9 Å². The molecule has 0 aliphatic heterocycles. The fraction of sp³-hybridized carbons (Fsp3) is 0.135. The molecule has 0 saturated carbocycles. The zero-order chi connectivity index (χ0) is 29.5. The lowest BCUT2D eigenvalue weighted by atomic mass is 9.85. The maximum atomic E-state index is 14.5. The van der Waals surface area contributed by atoms with E-state index in [4.69, 9.17) is 0 Å². The van der Waals surface area contributed by atoms with E-state index in [1.54, 1.807) is 0 Å². The Bertz CT molecular complexity index is 1520. The Labute approximate surface area is 265 Å². The van der Waals surface area contributed by atoms with Gasteiger partial charge in [-0.05, 0) is 55.8 Å². The first kappa shape index (κ1) is 30.1. The van der Waals surface area contributed by atoms with E-state index >= 15 is 0 Å². The molecule has 1 unspecified atom stereocenters. The van der Waals surface area contributed by atoms with Crippen LogP contribution in [0.4, 0.5) is 0 Å². The molecule has 210 valence electrons. The Morgan fingerprint density at radius 2 is 0.905 bits per heavy atom. The van der Waals surface area contributed by atoms with Crippen molar-refractivity contribution in [3.63, 3.8) is 0 Å². The van der Waals surface area contributed by atoms with E-state index in [-0.39, 0.29) is 11.6 Å². The topological polar surface area (TPSA) is 34.1 Å².